The number of halogens is 1. The van der Waals surface area contributed by atoms with Gasteiger partial charge in [0.05, 0.1) is 11.7 Å². The fourth-order valence-electron chi connectivity index (χ4n) is 1.98. The van der Waals surface area contributed by atoms with Crippen LogP contribution in [0.3, 0.4) is 0 Å². The van der Waals surface area contributed by atoms with Crippen molar-refractivity contribution in [2.75, 3.05) is 19.0 Å². The number of anilines is 1. The molecule has 1 N–H and O–H groups in total. The summed E-state index contributed by atoms with van der Waals surface area (Å²) in [5, 5.41) is 7.86. The van der Waals surface area contributed by atoms with Crippen LogP contribution in [0.2, 0.25) is 0 Å². The van der Waals surface area contributed by atoms with E-state index in [4.69, 9.17) is 0 Å². The highest BCUT2D eigenvalue weighted by Gasteiger charge is 2.13. The van der Waals surface area contributed by atoms with Crippen molar-refractivity contribution in [2.24, 2.45) is 0 Å². The normalized spacial score (nSPS) is 11.1. The van der Waals surface area contributed by atoms with E-state index in [1.165, 1.54) is 11.1 Å². The second-order valence-corrected chi connectivity index (χ2v) is 6.48. The quantitative estimate of drug-likeness (QED) is 0.919. The van der Waals surface area contributed by atoms with Crippen molar-refractivity contribution in [1.29, 1.82) is 0 Å². The fraction of sp³-hybridized carbons (Fsp3) is 0.500. The van der Waals surface area contributed by atoms with E-state index in [-0.39, 0.29) is 17.9 Å². The molecule has 0 fully saturated rings. The van der Waals surface area contributed by atoms with E-state index < -0.39 is 0 Å². The van der Waals surface area contributed by atoms with E-state index in [0.29, 0.717) is 0 Å². The highest BCUT2D eigenvalue weighted by molar-refractivity contribution is 5.85. The van der Waals surface area contributed by atoms with Gasteiger partial charge in [-0.3, -0.25) is 4.68 Å². The monoisotopic (exact) mass is 323 g/mol. The summed E-state index contributed by atoms with van der Waals surface area (Å²) in [6, 6.07) is 4.14. The van der Waals surface area contributed by atoms with Crippen molar-refractivity contribution in [3.8, 4) is 0 Å². The molecule has 0 unspecified atom stereocenters. The maximum atomic E-state index is 4.41. The summed E-state index contributed by atoms with van der Waals surface area (Å²) in [7, 11) is 4.00. The third-order valence-electron chi connectivity index (χ3n) is 3.25. The van der Waals surface area contributed by atoms with Crippen LogP contribution in [-0.4, -0.2) is 28.9 Å². The number of aromatic nitrogens is 3. The van der Waals surface area contributed by atoms with Crippen LogP contribution < -0.4 is 10.2 Å². The standard InChI is InChI=1S/C16H25N5.ClH/c1-16(2,3)21-12-14(11-19-21)10-17-9-13-6-7-18-15(8-13)20(4)5;/h6-8,11-12,17H,9-10H2,1-5H3;1H. The Hall–Kier alpha value is -1.59. The van der Waals surface area contributed by atoms with Gasteiger partial charge in [0, 0.05) is 45.1 Å². The van der Waals surface area contributed by atoms with Gasteiger partial charge in [-0.25, -0.2) is 4.98 Å². The molecule has 0 radical (unpaired) electrons. The molecule has 5 nitrogen and oxygen atoms in total. The van der Waals surface area contributed by atoms with Crippen molar-refractivity contribution in [2.45, 2.75) is 39.4 Å². The van der Waals surface area contributed by atoms with Gasteiger partial charge in [0.25, 0.3) is 0 Å². The van der Waals surface area contributed by atoms with E-state index in [1.54, 1.807) is 0 Å². The Balaban J connectivity index is 0.00000242. The van der Waals surface area contributed by atoms with Gasteiger partial charge in [-0.05, 0) is 38.5 Å². The molecule has 0 saturated heterocycles. The van der Waals surface area contributed by atoms with Crippen molar-refractivity contribution in [1.82, 2.24) is 20.1 Å². The first-order valence-electron chi connectivity index (χ1n) is 7.23. The van der Waals surface area contributed by atoms with Gasteiger partial charge in [0.2, 0.25) is 0 Å². The Morgan fingerprint density at radius 2 is 1.86 bits per heavy atom. The van der Waals surface area contributed by atoms with Gasteiger partial charge in [-0.1, -0.05) is 0 Å². The van der Waals surface area contributed by atoms with E-state index in [0.717, 1.165) is 18.9 Å². The number of nitrogens with zero attached hydrogens (tertiary/aromatic N) is 4. The third-order valence-corrected chi connectivity index (χ3v) is 3.25. The van der Waals surface area contributed by atoms with Crippen molar-refractivity contribution in [3.63, 3.8) is 0 Å². The van der Waals surface area contributed by atoms with Crippen LogP contribution in [0.15, 0.2) is 30.7 Å². The van der Waals surface area contributed by atoms with Crippen LogP contribution in [0, 0.1) is 0 Å². The van der Waals surface area contributed by atoms with Gasteiger partial charge in [-0.15, -0.1) is 12.4 Å². The lowest BCUT2D eigenvalue weighted by Crippen LogP contribution is -2.22. The molecule has 22 heavy (non-hydrogen) atoms. The average molecular weight is 324 g/mol. The molecule has 0 saturated carbocycles. The largest absolute Gasteiger partial charge is 0.363 e. The molecule has 0 bridgehead atoms. The fourth-order valence-corrected chi connectivity index (χ4v) is 1.98. The van der Waals surface area contributed by atoms with Gasteiger partial charge in [0.1, 0.15) is 5.82 Å². The Bertz CT molecular complexity index is 586. The molecule has 122 valence electrons. The first-order chi connectivity index (χ1) is 9.86. The van der Waals surface area contributed by atoms with E-state index in [1.807, 2.05) is 42.1 Å². The summed E-state index contributed by atoms with van der Waals surface area (Å²) in [6.07, 6.45) is 5.88. The van der Waals surface area contributed by atoms with Crippen LogP contribution in [0.4, 0.5) is 5.82 Å². The lowest BCUT2D eigenvalue weighted by atomic mass is 10.1. The lowest BCUT2D eigenvalue weighted by molar-refractivity contribution is 0.355. The average Bonchev–Trinajstić information content (AvgIpc) is 2.88. The maximum Gasteiger partial charge on any atom is 0.128 e. The molecule has 0 spiro atoms. The molecule has 2 rings (SSSR count). The van der Waals surface area contributed by atoms with Gasteiger partial charge < -0.3 is 10.2 Å². The molecule has 0 aliphatic carbocycles. The molecule has 2 aromatic heterocycles. The highest BCUT2D eigenvalue weighted by atomic mass is 35.5. The zero-order valence-corrected chi connectivity index (χ0v) is 14.8. The first-order valence-corrected chi connectivity index (χ1v) is 7.23. The number of pyridine rings is 1. The number of hydrogen-bond acceptors (Lipinski definition) is 4. The van der Waals surface area contributed by atoms with Crippen molar-refractivity contribution < 1.29 is 0 Å². The number of rotatable bonds is 5. The minimum Gasteiger partial charge on any atom is -0.363 e. The van der Waals surface area contributed by atoms with Crippen LogP contribution in [0.1, 0.15) is 31.9 Å². The first kappa shape index (κ1) is 18.5. The molecule has 2 aromatic rings. The minimum atomic E-state index is 0. The molecule has 0 aliphatic rings. The summed E-state index contributed by atoms with van der Waals surface area (Å²) in [6.45, 7) is 8.09. The lowest BCUT2D eigenvalue weighted by Gasteiger charge is -2.18. The molecular weight excluding hydrogens is 298 g/mol. The second-order valence-electron chi connectivity index (χ2n) is 6.48. The summed E-state index contributed by atoms with van der Waals surface area (Å²) in [4.78, 5) is 6.33. The predicted molar refractivity (Wildman–Crippen MR) is 93.6 cm³/mol. The molecule has 6 heteroatoms. The number of hydrogen-bond donors (Lipinski definition) is 1. The highest BCUT2D eigenvalue weighted by Crippen LogP contribution is 2.13. The topological polar surface area (TPSA) is 46.0 Å². The maximum absolute atomic E-state index is 4.41. The van der Waals surface area contributed by atoms with Gasteiger partial charge in [0.15, 0.2) is 0 Å². The Labute approximate surface area is 139 Å². The van der Waals surface area contributed by atoms with E-state index in [2.05, 4.69) is 48.4 Å². The minimum absolute atomic E-state index is 0. The van der Waals surface area contributed by atoms with Crippen molar-refractivity contribution >= 4 is 18.2 Å². The van der Waals surface area contributed by atoms with Crippen LogP contribution >= 0.6 is 12.4 Å². The Morgan fingerprint density at radius 3 is 2.45 bits per heavy atom. The summed E-state index contributed by atoms with van der Waals surface area (Å²) in [5.74, 6) is 0.981. The van der Waals surface area contributed by atoms with E-state index >= 15 is 0 Å². The molecule has 0 atom stereocenters. The zero-order valence-electron chi connectivity index (χ0n) is 14.0. The predicted octanol–water partition coefficient (Wildman–Crippen LogP) is 2.81. The molecular formula is C16H26ClN5. The van der Waals surface area contributed by atoms with Gasteiger partial charge in [-0.2, -0.15) is 5.10 Å². The molecule has 0 aromatic carbocycles. The second kappa shape index (κ2) is 7.61. The summed E-state index contributed by atoms with van der Waals surface area (Å²) < 4.78 is 2.00. The summed E-state index contributed by atoms with van der Waals surface area (Å²) >= 11 is 0. The Morgan fingerprint density at radius 1 is 1.18 bits per heavy atom. The number of nitrogens with one attached hydrogen (secondary N) is 1. The van der Waals surface area contributed by atoms with Gasteiger partial charge >= 0.3 is 0 Å². The molecule has 0 aliphatic heterocycles. The zero-order chi connectivity index (χ0) is 15.5. The van der Waals surface area contributed by atoms with E-state index in [9.17, 15) is 0 Å². The van der Waals surface area contributed by atoms with Crippen LogP contribution in [-0.2, 0) is 18.6 Å². The van der Waals surface area contributed by atoms with Crippen molar-refractivity contribution in [3.05, 3.63) is 41.9 Å². The smallest absolute Gasteiger partial charge is 0.128 e. The molecule has 0 amide bonds. The SMILES string of the molecule is CN(C)c1cc(CNCc2cnn(C(C)(C)C)c2)ccn1.Cl. The third kappa shape index (κ3) is 5.00. The van der Waals surface area contributed by atoms with Crippen LogP contribution in [0.5, 0.6) is 0 Å². The molecule has 2 heterocycles. The van der Waals surface area contributed by atoms with Crippen LogP contribution in [0.25, 0.3) is 0 Å². The Kier molecular flexibility index (Phi) is 6.38. The summed E-state index contributed by atoms with van der Waals surface area (Å²) in [5.41, 5.74) is 2.47.